The lowest BCUT2D eigenvalue weighted by Crippen LogP contribution is -2.23. The molecule has 2 rings (SSSR count). The van der Waals surface area contributed by atoms with Gasteiger partial charge in [-0.1, -0.05) is 6.92 Å². The van der Waals surface area contributed by atoms with Crippen LogP contribution < -0.4 is 4.74 Å². The minimum absolute atomic E-state index is 0.277. The molecule has 19 heavy (non-hydrogen) atoms. The molecule has 0 aromatic heterocycles. The van der Waals surface area contributed by atoms with E-state index in [2.05, 4.69) is 6.92 Å². The highest BCUT2D eigenvalue weighted by Gasteiger charge is 2.19. The lowest BCUT2D eigenvalue weighted by molar-refractivity contribution is 0.0526. The average molecular weight is 262 g/mol. The van der Waals surface area contributed by atoms with Gasteiger partial charge in [-0.2, -0.15) is 0 Å². The minimum Gasteiger partial charge on any atom is -0.490 e. The Balaban J connectivity index is 1.90. The second kappa shape index (κ2) is 6.60. The van der Waals surface area contributed by atoms with Gasteiger partial charge in [-0.25, -0.2) is 4.79 Å². The van der Waals surface area contributed by atoms with Crippen molar-refractivity contribution in [1.29, 1.82) is 0 Å². The number of hydrogen-bond acceptors (Lipinski definition) is 3. The Kier molecular flexibility index (Phi) is 4.83. The summed E-state index contributed by atoms with van der Waals surface area (Å²) in [6, 6.07) is 7.23. The first kappa shape index (κ1) is 13.9. The molecule has 1 aliphatic rings. The summed E-state index contributed by atoms with van der Waals surface area (Å²) >= 11 is 0. The fourth-order valence-electron chi connectivity index (χ4n) is 2.42. The van der Waals surface area contributed by atoms with E-state index in [0.717, 1.165) is 24.5 Å². The Morgan fingerprint density at radius 1 is 1.16 bits per heavy atom. The summed E-state index contributed by atoms with van der Waals surface area (Å²) in [5.41, 5.74) is 0.575. The van der Waals surface area contributed by atoms with Crippen molar-refractivity contribution in [1.82, 2.24) is 0 Å². The van der Waals surface area contributed by atoms with Crippen LogP contribution in [0.25, 0.3) is 0 Å². The van der Waals surface area contributed by atoms with E-state index in [-0.39, 0.29) is 5.97 Å². The van der Waals surface area contributed by atoms with Gasteiger partial charge in [-0.15, -0.1) is 0 Å². The van der Waals surface area contributed by atoms with Crippen molar-refractivity contribution in [2.24, 2.45) is 5.92 Å². The van der Waals surface area contributed by atoms with Crippen molar-refractivity contribution in [3.05, 3.63) is 29.8 Å². The highest BCUT2D eigenvalue weighted by molar-refractivity contribution is 5.89. The molecular formula is C16H22O3. The number of esters is 1. The molecule has 3 heteroatoms. The Bertz CT molecular complexity index is 403. The third-order valence-corrected chi connectivity index (χ3v) is 3.63. The van der Waals surface area contributed by atoms with E-state index in [9.17, 15) is 4.79 Å². The topological polar surface area (TPSA) is 35.5 Å². The largest absolute Gasteiger partial charge is 0.490 e. The molecule has 1 saturated carbocycles. The zero-order valence-electron chi connectivity index (χ0n) is 11.7. The van der Waals surface area contributed by atoms with Gasteiger partial charge in [0, 0.05) is 0 Å². The molecule has 1 aromatic carbocycles. The molecular weight excluding hydrogens is 240 g/mol. The molecule has 0 spiro atoms. The quantitative estimate of drug-likeness (QED) is 0.774. The molecule has 0 N–H and O–H groups in total. The molecule has 0 amide bonds. The number of hydrogen-bond donors (Lipinski definition) is 0. The molecule has 1 aromatic rings. The highest BCUT2D eigenvalue weighted by Crippen LogP contribution is 2.27. The molecule has 0 atom stereocenters. The molecule has 0 heterocycles. The van der Waals surface area contributed by atoms with Crippen molar-refractivity contribution in [2.45, 2.75) is 45.6 Å². The normalized spacial score (nSPS) is 22.8. The molecule has 0 radical (unpaired) electrons. The summed E-state index contributed by atoms with van der Waals surface area (Å²) in [6.45, 7) is 4.50. The second-order valence-electron chi connectivity index (χ2n) is 5.24. The summed E-state index contributed by atoms with van der Waals surface area (Å²) in [6.07, 6.45) is 5.06. The molecule has 0 bridgehead atoms. The van der Waals surface area contributed by atoms with Crippen LogP contribution in [0.15, 0.2) is 24.3 Å². The summed E-state index contributed by atoms with van der Waals surface area (Å²) in [7, 11) is 0. The SMILES string of the molecule is CCOC(=O)c1ccc(OC2CCC(C)CC2)cc1. The van der Waals surface area contributed by atoms with Crippen LogP contribution in [0.5, 0.6) is 5.75 Å². The first-order valence-electron chi connectivity index (χ1n) is 7.13. The highest BCUT2D eigenvalue weighted by atomic mass is 16.5. The molecule has 0 aliphatic heterocycles. The van der Waals surface area contributed by atoms with Crippen molar-refractivity contribution < 1.29 is 14.3 Å². The van der Waals surface area contributed by atoms with E-state index in [0.29, 0.717) is 18.3 Å². The zero-order valence-corrected chi connectivity index (χ0v) is 11.7. The fraction of sp³-hybridized carbons (Fsp3) is 0.562. The number of carbonyl (C=O) groups is 1. The van der Waals surface area contributed by atoms with Gasteiger partial charge in [0.1, 0.15) is 5.75 Å². The Morgan fingerprint density at radius 2 is 1.79 bits per heavy atom. The monoisotopic (exact) mass is 262 g/mol. The Labute approximate surface area is 114 Å². The van der Waals surface area contributed by atoms with Crippen LogP contribution in [0.3, 0.4) is 0 Å². The van der Waals surface area contributed by atoms with Crippen LogP contribution in [-0.2, 0) is 4.74 Å². The van der Waals surface area contributed by atoms with Gasteiger partial charge in [-0.05, 0) is 62.8 Å². The minimum atomic E-state index is -0.277. The Morgan fingerprint density at radius 3 is 2.37 bits per heavy atom. The lowest BCUT2D eigenvalue weighted by atomic mass is 9.89. The summed E-state index contributed by atoms with van der Waals surface area (Å²) in [5.74, 6) is 1.39. The average Bonchev–Trinajstić information content (AvgIpc) is 2.42. The third kappa shape index (κ3) is 3.98. The van der Waals surface area contributed by atoms with Crippen LogP contribution in [0, 0.1) is 5.92 Å². The number of benzene rings is 1. The third-order valence-electron chi connectivity index (χ3n) is 3.63. The van der Waals surface area contributed by atoms with Crippen molar-refractivity contribution in [2.75, 3.05) is 6.61 Å². The molecule has 3 nitrogen and oxygen atoms in total. The maximum atomic E-state index is 11.5. The Hall–Kier alpha value is -1.51. The molecule has 0 unspecified atom stereocenters. The van der Waals surface area contributed by atoms with E-state index in [1.165, 1.54) is 12.8 Å². The smallest absolute Gasteiger partial charge is 0.338 e. The van der Waals surface area contributed by atoms with Gasteiger partial charge in [-0.3, -0.25) is 0 Å². The second-order valence-corrected chi connectivity index (χ2v) is 5.24. The van der Waals surface area contributed by atoms with E-state index in [1.54, 1.807) is 19.1 Å². The van der Waals surface area contributed by atoms with Crippen LogP contribution in [-0.4, -0.2) is 18.7 Å². The van der Waals surface area contributed by atoms with Gasteiger partial charge < -0.3 is 9.47 Å². The number of carbonyl (C=O) groups excluding carboxylic acids is 1. The van der Waals surface area contributed by atoms with Crippen molar-refractivity contribution in [3.8, 4) is 5.75 Å². The van der Waals surface area contributed by atoms with E-state index < -0.39 is 0 Å². The predicted molar refractivity (Wildman–Crippen MR) is 74.4 cm³/mol. The molecule has 1 fully saturated rings. The molecule has 0 saturated heterocycles. The first-order chi connectivity index (χ1) is 9.19. The fourth-order valence-corrected chi connectivity index (χ4v) is 2.42. The van der Waals surface area contributed by atoms with Gasteiger partial charge in [0.05, 0.1) is 18.3 Å². The van der Waals surface area contributed by atoms with E-state index in [4.69, 9.17) is 9.47 Å². The molecule has 1 aliphatic carbocycles. The van der Waals surface area contributed by atoms with Crippen molar-refractivity contribution in [3.63, 3.8) is 0 Å². The van der Waals surface area contributed by atoms with Crippen LogP contribution in [0.2, 0.25) is 0 Å². The summed E-state index contributed by atoms with van der Waals surface area (Å²) < 4.78 is 10.9. The summed E-state index contributed by atoms with van der Waals surface area (Å²) in [4.78, 5) is 11.5. The lowest BCUT2D eigenvalue weighted by Gasteiger charge is -2.26. The van der Waals surface area contributed by atoms with Crippen LogP contribution in [0.4, 0.5) is 0 Å². The molecule has 104 valence electrons. The van der Waals surface area contributed by atoms with E-state index >= 15 is 0 Å². The van der Waals surface area contributed by atoms with Gasteiger partial charge in [0.15, 0.2) is 0 Å². The summed E-state index contributed by atoms with van der Waals surface area (Å²) in [5, 5.41) is 0. The predicted octanol–water partition coefficient (Wildman–Crippen LogP) is 3.82. The maximum absolute atomic E-state index is 11.5. The number of ether oxygens (including phenoxy) is 2. The van der Waals surface area contributed by atoms with Gasteiger partial charge in [0.25, 0.3) is 0 Å². The van der Waals surface area contributed by atoms with Gasteiger partial charge in [0.2, 0.25) is 0 Å². The first-order valence-corrected chi connectivity index (χ1v) is 7.13. The zero-order chi connectivity index (χ0) is 13.7. The maximum Gasteiger partial charge on any atom is 0.338 e. The van der Waals surface area contributed by atoms with E-state index in [1.807, 2.05) is 12.1 Å². The van der Waals surface area contributed by atoms with Crippen LogP contribution in [0.1, 0.15) is 49.9 Å². The number of rotatable bonds is 4. The standard InChI is InChI=1S/C16H22O3/c1-3-18-16(17)13-6-10-15(11-7-13)19-14-8-4-12(2)5-9-14/h6-7,10-12,14H,3-5,8-9H2,1-2H3. The van der Waals surface area contributed by atoms with Gasteiger partial charge >= 0.3 is 5.97 Å². The van der Waals surface area contributed by atoms with Crippen LogP contribution >= 0.6 is 0 Å². The van der Waals surface area contributed by atoms with Crippen molar-refractivity contribution >= 4 is 5.97 Å².